The molecule has 0 aromatic carbocycles. The van der Waals surface area contributed by atoms with Gasteiger partial charge >= 0.3 is 0 Å². The third-order valence-corrected chi connectivity index (χ3v) is 2.83. The third-order valence-electron chi connectivity index (χ3n) is 2.03. The second kappa shape index (κ2) is 11.7. The summed E-state index contributed by atoms with van der Waals surface area (Å²) in [5.74, 6) is -0.709. The summed E-state index contributed by atoms with van der Waals surface area (Å²) in [6.07, 6.45) is 6.14. The molecule has 0 rings (SSSR count). The van der Waals surface area contributed by atoms with Crippen molar-refractivity contribution < 1.29 is 13.0 Å². The molecule has 8 N–H and O–H groups in total. The lowest BCUT2D eigenvalue weighted by Gasteiger charge is -1.98. The van der Waals surface area contributed by atoms with Gasteiger partial charge in [-0.05, 0) is 6.42 Å². The van der Waals surface area contributed by atoms with Gasteiger partial charge in [0, 0.05) is 0 Å². The van der Waals surface area contributed by atoms with Gasteiger partial charge in [-0.3, -0.25) is 20.7 Å². The molecule has 8 nitrogen and oxygen atoms in total. The minimum absolute atomic E-state index is 0.0842. The van der Waals surface area contributed by atoms with Crippen molar-refractivity contribution in [3.05, 3.63) is 0 Å². The SMILES string of the molecule is CCCCCCCCS(=O)(=O)O.N=C(N)NC(=N)N. The van der Waals surface area contributed by atoms with Crippen LogP contribution in [0.4, 0.5) is 0 Å². The maximum absolute atomic E-state index is 10.3. The van der Waals surface area contributed by atoms with Crippen molar-refractivity contribution in [2.45, 2.75) is 45.4 Å². The topological polar surface area (TPSA) is 166 Å². The molecule has 9 heteroatoms. The molecule has 0 amide bonds. The lowest BCUT2D eigenvalue weighted by Crippen LogP contribution is -2.39. The Balaban J connectivity index is 0. The quantitative estimate of drug-likeness (QED) is 0.174. The smallest absolute Gasteiger partial charge is 0.264 e. The highest BCUT2D eigenvalue weighted by atomic mass is 32.2. The lowest BCUT2D eigenvalue weighted by molar-refractivity contribution is 0.478. The fraction of sp³-hybridized carbons (Fsp3) is 0.800. The summed E-state index contributed by atoms with van der Waals surface area (Å²) < 4.78 is 28.9. The highest BCUT2D eigenvalue weighted by Gasteiger charge is 2.02. The average molecular weight is 295 g/mol. The molecule has 0 aromatic rings. The number of hydrogen-bond acceptors (Lipinski definition) is 4. The summed E-state index contributed by atoms with van der Waals surface area (Å²) in [7, 11) is -3.72. The van der Waals surface area contributed by atoms with E-state index in [1.54, 1.807) is 0 Å². The molecule has 0 aliphatic heterocycles. The monoisotopic (exact) mass is 295 g/mol. The third kappa shape index (κ3) is 26.3. The zero-order chi connectivity index (χ0) is 15.3. The lowest BCUT2D eigenvalue weighted by atomic mass is 10.1. The molecule has 19 heavy (non-hydrogen) atoms. The minimum atomic E-state index is -3.72. The van der Waals surface area contributed by atoms with Crippen LogP contribution in [-0.2, 0) is 10.1 Å². The Hall–Kier alpha value is -1.35. The summed E-state index contributed by atoms with van der Waals surface area (Å²) in [4.78, 5) is 0. The van der Waals surface area contributed by atoms with Crippen LogP contribution in [0.5, 0.6) is 0 Å². The first-order valence-corrected chi connectivity index (χ1v) is 7.70. The van der Waals surface area contributed by atoms with E-state index >= 15 is 0 Å². The van der Waals surface area contributed by atoms with Gasteiger partial charge in [0.05, 0.1) is 5.75 Å². The maximum Gasteiger partial charge on any atom is 0.264 e. The molecular weight excluding hydrogens is 270 g/mol. The van der Waals surface area contributed by atoms with E-state index in [2.05, 4.69) is 6.92 Å². The molecule has 0 heterocycles. The maximum atomic E-state index is 10.3. The van der Waals surface area contributed by atoms with Gasteiger partial charge in [0.25, 0.3) is 10.1 Å². The first-order chi connectivity index (χ1) is 8.69. The van der Waals surface area contributed by atoms with Crippen LogP contribution in [0, 0.1) is 10.8 Å². The number of guanidine groups is 2. The zero-order valence-corrected chi connectivity index (χ0v) is 12.1. The van der Waals surface area contributed by atoms with E-state index in [1.807, 2.05) is 5.32 Å². The van der Waals surface area contributed by atoms with Crippen LogP contribution in [0.2, 0.25) is 0 Å². The van der Waals surface area contributed by atoms with Gasteiger partial charge < -0.3 is 11.5 Å². The zero-order valence-electron chi connectivity index (χ0n) is 11.3. The van der Waals surface area contributed by atoms with Crippen LogP contribution in [0.3, 0.4) is 0 Å². The molecule has 114 valence electrons. The van der Waals surface area contributed by atoms with Crippen LogP contribution < -0.4 is 16.8 Å². The number of hydrogen-bond donors (Lipinski definition) is 6. The van der Waals surface area contributed by atoms with Crippen molar-refractivity contribution in [3.63, 3.8) is 0 Å². The van der Waals surface area contributed by atoms with Crippen LogP contribution in [0.15, 0.2) is 0 Å². The largest absolute Gasteiger partial charge is 0.370 e. The van der Waals surface area contributed by atoms with E-state index in [9.17, 15) is 8.42 Å². The van der Waals surface area contributed by atoms with Crippen molar-refractivity contribution in [3.8, 4) is 0 Å². The molecule has 0 spiro atoms. The molecular formula is C10H25N5O3S. The Morgan fingerprint density at radius 3 is 1.79 bits per heavy atom. The summed E-state index contributed by atoms with van der Waals surface area (Å²) in [5, 5.41) is 15.0. The van der Waals surface area contributed by atoms with E-state index in [4.69, 9.17) is 26.8 Å². The normalized spacial score (nSPS) is 10.2. The van der Waals surface area contributed by atoms with E-state index < -0.39 is 10.1 Å². The average Bonchev–Trinajstić information content (AvgIpc) is 2.20. The van der Waals surface area contributed by atoms with E-state index in [1.165, 1.54) is 19.3 Å². The first kappa shape index (κ1) is 20.0. The number of rotatable bonds is 7. The summed E-state index contributed by atoms with van der Waals surface area (Å²) in [5.41, 5.74) is 9.49. The van der Waals surface area contributed by atoms with Crippen molar-refractivity contribution in [1.82, 2.24) is 5.32 Å². The molecule has 0 saturated carbocycles. The molecule has 0 fully saturated rings. The standard InChI is InChI=1S/C8H18O3S.C2H7N5/c1-2-3-4-5-6-7-8-12(9,10)11;3-1(4)7-2(5)6/h2-8H2,1H3,(H,9,10,11);(H7,3,4,5,6,7). The molecule has 0 bridgehead atoms. The van der Waals surface area contributed by atoms with Crippen LogP contribution in [-0.4, -0.2) is 30.6 Å². The van der Waals surface area contributed by atoms with E-state index in [0.717, 1.165) is 12.8 Å². The summed E-state index contributed by atoms with van der Waals surface area (Å²) in [6, 6.07) is 0. The van der Waals surface area contributed by atoms with Gasteiger partial charge in [0.2, 0.25) is 0 Å². The number of unbranched alkanes of at least 4 members (excludes halogenated alkanes) is 5. The predicted octanol–water partition coefficient (Wildman–Crippen LogP) is 0.598. The Bertz CT molecular complexity index is 344. The molecule has 0 aromatic heterocycles. The Morgan fingerprint density at radius 1 is 1.05 bits per heavy atom. The second-order valence-corrected chi connectivity index (χ2v) is 5.58. The molecule has 0 unspecified atom stereocenters. The number of nitrogens with one attached hydrogen (secondary N) is 3. The molecule has 0 saturated heterocycles. The van der Waals surface area contributed by atoms with Crippen LogP contribution in [0.1, 0.15) is 45.4 Å². The van der Waals surface area contributed by atoms with Gasteiger partial charge in [-0.2, -0.15) is 8.42 Å². The molecule has 0 radical (unpaired) electrons. The van der Waals surface area contributed by atoms with E-state index in [0.29, 0.717) is 6.42 Å². The van der Waals surface area contributed by atoms with Gasteiger partial charge in [-0.1, -0.05) is 39.0 Å². The van der Waals surface area contributed by atoms with Gasteiger partial charge in [-0.15, -0.1) is 0 Å². The molecule has 0 aliphatic rings. The summed E-state index contributed by atoms with van der Waals surface area (Å²) in [6.45, 7) is 2.14. The van der Waals surface area contributed by atoms with Gasteiger partial charge in [0.1, 0.15) is 0 Å². The highest BCUT2D eigenvalue weighted by molar-refractivity contribution is 7.85. The fourth-order valence-electron chi connectivity index (χ4n) is 1.21. The Labute approximate surface area is 114 Å². The first-order valence-electron chi connectivity index (χ1n) is 6.09. The highest BCUT2D eigenvalue weighted by Crippen LogP contribution is 2.05. The number of nitrogens with two attached hydrogens (primary N) is 2. The van der Waals surface area contributed by atoms with Gasteiger partial charge in [-0.25, -0.2) is 0 Å². The van der Waals surface area contributed by atoms with Crippen molar-refractivity contribution in [1.29, 1.82) is 10.8 Å². The molecule has 0 atom stereocenters. The van der Waals surface area contributed by atoms with Crippen LogP contribution >= 0.6 is 0 Å². The fourth-order valence-corrected chi connectivity index (χ4v) is 1.78. The van der Waals surface area contributed by atoms with Crippen molar-refractivity contribution >= 4 is 22.0 Å². The van der Waals surface area contributed by atoms with Crippen LogP contribution in [0.25, 0.3) is 0 Å². The predicted molar refractivity (Wildman–Crippen MR) is 76.8 cm³/mol. The Morgan fingerprint density at radius 2 is 1.47 bits per heavy atom. The molecule has 0 aliphatic carbocycles. The van der Waals surface area contributed by atoms with Crippen molar-refractivity contribution in [2.75, 3.05) is 5.75 Å². The van der Waals surface area contributed by atoms with Crippen molar-refractivity contribution in [2.24, 2.45) is 11.5 Å². The van der Waals surface area contributed by atoms with E-state index in [-0.39, 0.29) is 17.7 Å². The second-order valence-electron chi connectivity index (χ2n) is 4.01. The minimum Gasteiger partial charge on any atom is -0.370 e. The summed E-state index contributed by atoms with van der Waals surface area (Å²) >= 11 is 0. The Kier molecular flexibility index (Phi) is 12.3. The van der Waals surface area contributed by atoms with Gasteiger partial charge in [0.15, 0.2) is 11.9 Å².